The molecule has 0 spiro atoms. The van der Waals surface area contributed by atoms with Crippen LogP contribution in [0.2, 0.25) is 0 Å². The molecule has 4 heteroatoms. The Morgan fingerprint density at radius 3 is 2.42 bits per heavy atom. The molecule has 1 N–H and O–H groups in total. The molecule has 0 radical (unpaired) electrons. The Morgan fingerprint density at radius 2 is 1.70 bits per heavy atom. The van der Waals surface area contributed by atoms with Gasteiger partial charge in [0.1, 0.15) is 6.04 Å². The maximum Gasteiger partial charge on any atom is 0.328 e. The third kappa shape index (κ3) is 4.61. The Morgan fingerprint density at radius 1 is 0.939 bits per heavy atom. The van der Waals surface area contributed by atoms with Gasteiger partial charge < -0.3 is 10.1 Å². The molecule has 0 aliphatic heterocycles. The lowest BCUT2D eigenvalue weighted by atomic mass is 9.45. The average Bonchev–Trinajstić information content (AvgIpc) is 3.12. The van der Waals surface area contributed by atoms with Gasteiger partial charge in [-0.2, -0.15) is 0 Å². The van der Waals surface area contributed by atoms with E-state index in [9.17, 15) is 9.59 Å². The van der Waals surface area contributed by atoms with E-state index in [-0.39, 0.29) is 17.8 Å². The first-order valence-corrected chi connectivity index (χ1v) is 14.1. The number of carbonyl (C=O) groups excluding carboxylic acids is 2. The van der Waals surface area contributed by atoms with E-state index in [1.165, 1.54) is 71.3 Å². The lowest BCUT2D eigenvalue weighted by Gasteiger charge is -2.60. The fourth-order valence-electron chi connectivity index (χ4n) is 9.26. The molecule has 4 rings (SSSR count). The predicted octanol–water partition coefficient (Wildman–Crippen LogP) is 6.52. The van der Waals surface area contributed by atoms with Gasteiger partial charge in [-0.3, -0.25) is 4.79 Å². The highest BCUT2D eigenvalue weighted by atomic mass is 16.5. The first-order chi connectivity index (χ1) is 15.7. The highest BCUT2D eigenvalue weighted by Gasteiger charge is 2.59. The van der Waals surface area contributed by atoms with E-state index in [0.29, 0.717) is 17.3 Å². The fourth-order valence-corrected chi connectivity index (χ4v) is 9.26. The normalized spacial score (nSPS) is 41.0. The minimum atomic E-state index is -0.539. The maximum absolute atomic E-state index is 12.6. The number of methoxy groups -OCH3 is 1. The lowest BCUT2D eigenvalue weighted by Crippen LogP contribution is -2.52. The molecule has 0 aromatic heterocycles. The van der Waals surface area contributed by atoms with E-state index >= 15 is 0 Å². The Bertz CT molecular complexity index is 720. The van der Waals surface area contributed by atoms with Crippen LogP contribution in [0.15, 0.2) is 0 Å². The van der Waals surface area contributed by atoms with Crippen LogP contribution in [0.3, 0.4) is 0 Å². The zero-order valence-corrected chi connectivity index (χ0v) is 22.0. The van der Waals surface area contributed by atoms with Gasteiger partial charge >= 0.3 is 5.97 Å². The highest BCUT2D eigenvalue weighted by Crippen LogP contribution is 2.67. The van der Waals surface area contributed by atoms with Crippen molar-refractivity contribution in [3.8, 4) is 0 Å². The van der Waals surface area contributed by atoms with Crippen molar-refractivity contribution in [2.75, 3.05) is 7.11 Å². The van der Waals surface area contributed by atoms with Gasteiger partial charge in [0.25, 0.3) is 0 Å². The number of ether oxygens (including phenoxy) is 1. The minimum Gasteiger partial charge on any atom is -0.467 e. The van der Waals surface area contributed by atoms with E-state index in [4.69, 9.17) is 4.74 Å². The first kappa shape index (κ1) is 25.0. The first-order valence-electron chi connectivity index (χ1n) is 14.1. The van der Waals surface area contributed by atoms with Crippen LogP contribution in [-0.2, 0) is 14.3 Å². The zero-order chi connectivity index (χ0) is 23.8. The molecule has 33 heavy (non-hydrogen) atoms. The van der Waals surface area contributed by atoms with E-state index in [1.807, 2.05) is 13.8 Å². The molecule has 8 unspecified atom stereocenters. The molecule has 0 bridgehead atoms. The van der Waals surface area contributed by atoms with Crippen molar-refractivity contribution in [1.82, 2.24) is 5.32 Å². The summed E-state index contributed by atoms with van der Waals surface area (Å²) in [4.78, 5) is 24.5. The summed E-state index contributed by atoms with van der Waals surface area (Å²) in [7, 11) is 1.39. The molecule has 4 fully saturated rings. The number of hydrogen-bond acceptors (Lipinski definition) is 3. The smallest absolute Gasteiger partial charge is 0.328 e. The molecule has 0 aromatic rings. The molecule has 4 aliphatic carbocycles. The van der Waals surface area contributed by atoms with Crippen molar-refractivity contribution < 1.29 is 14.3 Å². The predicted molar refractivity (Wildman–Crippen MR) is 132 cm³/mol. The third-order valence-electron chi connectivity index (χ3n) is 11.2. The van der Waals surface area contributed by atoms with Gasteiger partial charge in [-0.1, -0.05) is 40.5 Å². The van der Waals surface area contributed by atoms with E-state index in [1.54, 1.807) is 0 Å². The summed E-state index contributed by atoms with van der Waals surface area (Å²) in [5.74, 6) is 4.25. The summed E-state index contributed by atoms with van der Waals surface area (Å²) in [5, 5.41) is 2.91. The summed E-state index contributed by atoms with van der Waals surface area (Å²) in [5.41, 5.74) is 1.09. The van der Waals surface area contributed by atoms with Crippen LogP contribution in [0.25, 0.3) is 0 Å². The quantitative estimate of drug-likeness (QED) is 0.441. The summed E-state index contributed by atoms with van der Waals surface area (Å²) < 4.78 is 4.86. The number of rotatable bonds is 7. The number of hydrogen-bond donors (Lipinski definition) is 1. The Hall–Kier alpha value is -1.06. The number of carbonyl (C=O) groups is 2. The van der Waals surface area contributed by atoms with E-state index < -0.39 is 6.04 Å². The van der Waals surface area contributed by atoms with Gasteiger partial charge in [-0.25, -0.2) is 4.79 Å². The van der Waals surface area contributed by atoms with Gasteiger partial charge in [0, 0.05) is 6.42 Å². The molecule has 188 valence electrons. The van der Waals surface area contributed by atoms with Crippen molar-refractivity contribution in [2.24, 2.45) is 46.3 Å². The van der Waals surface area contributed by atoms with Crippen LogP contribution < -0.4 is 5.32 Å². The van der Waals surface area contributed by atoms with Gasteiger partial charge in [-0.05, 0) is 111 Å². The summed E-state index contributed by atoms with van der Waals surface area (Å²) >= 11 is 0. The SMILES string of the molecule is COC(=O)C(NC(=O)CCCC1CCC2C3CCC4CCCCC4(C)C3CCC12C)C(C)C. The Balaban J connectivity index is 1.32. The second kappa shape index (κ2) is 9.90. The lowest BCUT2D eigenvalue weighted by molar-refractivity contribution is -0.146. The molecule has 8 atom stereocenters. The molecule has 0 saturated heterocycles. The second-order valence-electron chi connectivity index (χ2n) is 12.9. The molecule has 4 aliphatic rings. The van der Waals surface area contributed by atoms with E-state index in [0.717, 1.165) is 42.4 Å². The molecule has 1 amide bonds. The topological polar surface area (TPSA) is 55.4 Å². The monoisotopic (exact) mass is 459 g/mol. The number of fused-ring (bicyclic) bond motifs is 5. The molecule has 4 saturated carbocycles. The maximum atomic E-state index is 12.6. The molecule has 0 aromatic carbocycles. The molecule has 0 heterocycles. The fraction of sp³-hybridized carbons (Fsp3) is 0.931. The molecular formula is C29H49NO3. The van der Waals surface area contributed by atoms with Crippen LogP contribution in [0.4, 0.5) is 0 Å². The average molecular weight is 460 g/mol. The number of esters is 1. The van der Waals surface area contributed by atoms with Crippen LogP contribution in [0.5, 0.6) is 0 Å². The van der Waals surface area contributed by atoms with Crippen molar-refractivity contribution in [3.63, 3.8) is 0 Å². The van der Waals surface area contributed by atoms with Crippen molar-refractivity contribution >= 4 is 11.9 Å². The van der Waals surface area contributed by atoms with Crippen molar-refractivity contribution in [3.05, 3.63) is 0 Å². The summed E-state index contributed by atoms with van der Waals surface area (Å²) in [6.45, 7) is 9.16. The van der Waals surface area contributed by atoms with Gasteiger partial charge in [0.05, 0.1) is 7.11 Å². The standard InChI is InChI=1S/C29H49NO3/c1-19(2)26(27(32)33-5)30-25(31)11-8-10-21-13-15-23-22-14-12-20-9-6-7-17-28(20,3)24(22)16-18-29(21,23)4/h19-24,26H,6-18H2,1-5H3,(H,30,31). The van der Waals surface area contributed by atoms with Gasteiger partial charge in [0.2, 0.25) is 5.91 Å². The van der Waals surface area contributed by atoms with Crippen LogP contribution in [0.1, 0.15) is 111 Å². The van der Waals surface area contributed by atoms with Crippen molar-refractivity contribution in [2.45, 2.75) is 117 Å². The highest BCUT2D eigenvalue weighted by molar-refractivity contribution is 5.84. The summed E-state index contributed by atoms with van der Waals surface area (Å²) in [6, 6.07) is -0.539. The molecule has 4 nitrogen and oxygen atoms in total. The largest absolute Gasteiger partial charge is 0.467 e. The minimum absolute atomic E-state index is 0.00828. The Labute approximate surface area is 202 Å². The third-order valence-corrected chi connectivity index (χ3v) is 11.2. The number of nitrogens with one attached hydrogen (secondary N) is 1. The molecular weight excluding hydrogens is 410 g/mol. The summed E-state index contributed by atoms with van der Waals surface area (Å²) in [6.07, 6.45) is 17.0. The van der Waals surface area contributed by atoms with Crippen LogP contribution in [0, 0.1) is 46.3 Å². The second-order valence-corrected chi connectivity index (χ2v) is 12.9. The van der Waals surface area contributed by atoms with E-state index in [2.05, 4.69) is 19.2 Å². The van der Waals surface area contributed by atoms with Crippen LogP contribution in [-0.4, -0.2) is 25.0 Å². The van der Waals surface area contributed by atoms with Crippen molar-refractivity contribution in [1.29, 1.82) is 0 Å². The van der Waals surface area contributed by atoms with Gasteiger partial charge in [-0.15, -0.1) is 0 Å². The Kier molecular flexibility index (Phi) is 7.51. The number of amides is 1. The zero-order valence-electron chi connectivity index (χ0n) is 22.0. The van der Waals surface area contributed by atoms with Crippen LogP contribution >= 0.6 is 0 Å². The van der Waals surface area contributed by atoms with Gasteiger partial charge in [0.15, 0.2) is 0 Å².